The van der Waals surface area contributed by atoms with Crippen LogP contribution in [0, 0.1) is 0 Å². The number of hydrogen-bond acceptors (Lipinski definition) is 6. The summed E-state index contributed by atoms with van der Waals surface area (Å²) in [5.74, 6) is 0. The van der Waals surface area contributed by atoms with Crippen LogP contribution in [0.4, 0.5) is 0 Å². The van der Waals surface area contributed by atoms with Gasteiger partial charge in [0.2, 0.25) is 0 Å². The van der Waals surface area contributed by atoms with E-state index in [1.54, 1.807) is 0 Å². The van der Waals surface area contributed by atoms with Gasteiger partial charge in [0, 0.05) is 5.56 Å². The van der Waals surface area contributed by atoms with Crippen molar-refractivity contribution in [1.29, 1.82) is 0 Å². The summed E-state index contributed by atoms with van der Waals surface area (Å²) in [5.41, 5.74) is 4.13. The Bertz CT molecular complexity index is 1290. The summed E-state index contributed by atoms with van der Waals surface area (Å²) in [5, 5.41) is 0. The standard InChI is InChI=1S/C34H34O6/c1-5-13-25(14-6-1)21-35-31-30-29(24-38-33(40-30)28-19-11-4-12-20-28)39-34(37-23-27-17-9-3-10-18-27)32(31)36-22-26-15-7-2-8-16-26/h1-20,29-34H,21-24H2/t29-,30-,31-,32+,33+,34+/m0/s1. The normalized spacial score (nSPS) is 26.2. The largest absolute Gasteiger partial charge is 0.368 e. The predicted molar refractivity (Wildman–Crippen MR) is 150 cm³/mol. The van der Waals surface area contributed by atoms with Crippen LogP contribution in [0.2, 0.25) is 0 Å². The van der Waals surface area contributed by atoms with Gasteiger partial charge in [-0.25, -0.2) is 0 Å². The molecule has 4 aromatic rings. The van der Waals surface area contributed by atoms with Crippen molar-refractivity contribution in [3.05, 3.63) is 144 Å². The quantitative estimate of drug-likeness (QED) is 0.239. The fraction of sp³-hybridized carbons (Fsp3) is 0.294. The minimum Gasteiger partial charge on any atom is -0.368 e. The van der Waals surface area contributed by atoms with Crippen molar-refractivity contribution in [3.63, 3.8) is 0 Å². The maximum absolute atomic E-state index is 6.64. The van der Waals surface area contributed by atoms with Gasteiger partial charge in [0.25, 0.3) is 0 Å². The molecule has 40 heavy (non-hydrogen) atoms. The molecule has 0 unspecified atom stereocenters. The lowest BCUT2D eigenvalue weighted by atomic mass is 9.97. The number of ether oxygens (including phenoxy) is 6. The first kappa shape index (κ1) is 26.8. The molecule has 4 aromatic carbocycles. The smallest absolute Gasteiger partial charge is 0.187 e. The van der Waals surface area contributed by atoms with Crippen LogP contribution < -0.4 is 0 Å². The number of benzene rings is 4. The summed E-state index contributed by atoms with van der Waals surface area (Å²) in [6.07, 6.45) is -2.99. The van der Waals surface area contributed by atoms with E-state index in [1.165, 1.54) is 0 Å². The van der Waals surface area contributed by atoms with E-state index in [2.05, 4.69) is 12.1 Å². The average molecular weight is 539 g/mol. The topological polar surface area (TPSA) is 55.4 Å². The van der Waals surface area contributed by atoms with E-state index in [9.17, 15) is 0 Å². The molecule has 2 aliphatic heterocycles. The monoisotopic (exact) mass is 538 g/mol. The molecule has 2 saturated heterocycles. The molecular formula is C34H34O6. The van der Waals surface area contributed by atoms with E-state index in [-0.39, 0.29) is 6.10 Å². The van der Waals surface area contributed by atoms with E-state index < -0.39 is 30.9 Å². The average Bonchev–Trinajstić information content (AvgIpc) is 3.03. The van der Waals surface area contributed by atoms with E-state index in [1.807, 2.05) is 109 Å². The first-order valence-corrected chi connectivity index (χ1v) is 13.8. The van der Waals surface area contributed by atoms with E-state index >= 15 is 0 Å². The fourth-order valence-electron chi connectivity index (χ4n) is 5.11. The van der Waals surface area contributed by atoms with Crippen LogP contribution in [-0.2, 0) is 48.2 Å². The highest BCUT2D eigenvalue weighted by Crippen LogP contribution is 2.37. The molecule has 6 heteroatoms. The van der Waals surface area contributed by atoms with Crippen molar-refractivity contribution in [2.45, 2.75) is 56.8 Å². The lowest BCUT2D eigenvalue weighted by Gasteiger charge is -2.49. The Labute approximate surface area is 235 Å². The van der Waals surface area contributed by atoms with Gasteiger partial charge in [-0.3, -0.25) is 0 Å². The maximum atomic E-state index is 6.64. The first-order valence-electron chi connectivity index (χ1n) is 13.8. The second-order valence-electron chi connectivity index (χ2n) is 10.0. The second-order valence-corrected chi connectivity index (χ2v) is 10.0. The summed E-state index contributed by atoms with van der Waals surface area (Å²) >= 11 is 0. The molecule has 6 rings (SSSR count). The Morgan fingerprint density at radius 1 is 0.525 bits per heavy atom. The van der Waals surface area contributed by atoms with E-state index in [0.29, 0.717) is 26.4 Å². The molecular weight excluding hydrogens is 504 g/mol. The van der Waals surface area contributed by atoms with Gasteiger partial charge in [-0.2, -0.15) is 0 Å². The van der Waals surface area contributed by atoms with Gasteiger partial charge in [-0.1, -0.05) is 121 Å². The third-order valence-electron chi connectivity index (χ3n) is 7.18. The van der Waals surface area contributed by atoms with Crippen LogP contribution >= 0.6 is 0 Å². The van der Waals surface area contributed by atoms with Gasteiger partial charge in [0.15, 0.2) is 12.6 Å². The molecule has 0 amide bonds. The molecule has 0 spiro atoms. The summed E-state index contributed by atoms with van der Waals surface area (Å²) in [6.45, 7) is 1.53. The van der Waals surface area contributed by atoms with Gasteiger partial charge < -0.3 is 28.4 Å². The van der Waals surface area contributed by atoms with Gasteiger partial charge >= 0.3 is 0 Å². The van der Waals surface area contributed by atoms with Crippen LogP contribution in [-0.4, -0.2) is 37.3 Å². The zero-order valence-corrected chi connectivity index (χ0v) is 22.3. The van der Waals surface area contributed by atoms with Gasteiger partial charge in [0.05, 0.1) is 26.4 Å². The molecule has 0 aromatic heterocycles. The first-order chi connectivity index (χ1) is 19.8. The van der Waals surface area contributed by atoms with Crippen LogP contribution in [0.1, 0.15) is 28.5 Å². The Kier molecular flexibility index (Phi) is 8.95. The highest BCUT2D eigenvalue weighted by Gasteiger charge is 2.51. The molecule has 0 N–H and O–H groups in total. The molecule has 0 aliphatic carbocycles. The third kappa shape index (κ3) is 6.67. The number of fused-ring (bicyclic) bond motifs is 1. The second kappa shape index (κ2) is 13.3. The van der Waals surface area contributed by atoms with Crippen molar-refractivity contribution in [1.82, 2.24) is 0 Å². The van der Waals surface area contributed by atoms with Crippen LogP contribution in [0.3, 0.4) is 0 Å². The molecule has 2 aliphatic rings. The number of rotatable bonds is 10. The van der Waals surface area contributed by atoms with Crippen LogP contribution in [0.25, 0.3) is 0 Å². The molecule has 206 valence electrons. The molecule has 0 bridgehead atoms. The van der Waals surface area contributed by atoms with Crippen molar-refractivity contribution >= 4 is 0 Å². The number of hydrogen-bond donors (Lipinski definition) is 0. The maximum Gasteiger partial charge on any atom is 0.187 e. The van der Waals surface area contributed by atoms with Gasteiger partial charge in [-0.05, 0) is 16.7 Å². The Hall–Kier alpha value is -3.36. The Morgan fingerprint density at radius 3 is 1.55 bits per heavy atom. The van der Waals surface area contributed by atoms with Gasteiger partial charge in [0.1, 0.15) is 24.4 Å². The zero-order chi connectivity index (χ0) is 27.0. The lowest BCUT2D eigenvalue weighted by Crippen LogP contribution is -2.63. The highest BCUT2D eigenvalue weighted by atomic mass is 16.8. The Morgan fingerprint density at radius 2 is 1.00 bits per heavy atom. The lowest BCUT2D eigenvalue weighted by molar-refractivity contribution is -0.374. The van der Waals surface area contributed by atoms with Crippen LogP contribution in [0.5, 0.6) is 0 Å². The van der Waals surface area contributed by atoms with Crippen molar-refractivity contribution in [2.24, 2.45) is 0 Å². The van der Waals surface area contributed by atoms with Crippen molar-refractivity contribution in [2.75, 3.05) is 6.61 Å². The molecule has 6 atom stereocenters. The SMILES string of the molecule is c1ccc(CO[C@@H]2O[C@H]3CO[C@@H](c4ccccc4)O[C@@H]3[C@H](OCc3ccccc3)[C@H]2OCc2ccccc2)cc1. The van der Waals surface area contributed by atoms with Crippen LogP contribution in [0.15, 0.2) is 121 Å². The Balaban J connectivity index is 1.27. The summed E-state index contributed by atoms with van der Waals surface area (Å²) in [4.78, 5) is 0. The summed E-state index contributed by atoms with van der Waals surface area (Å²) in [6, 6.07) is 40.2. The van der Waals surface area contributed by atoms with Crippen molar-refractivity contribution in [3.8, 4) is 0 Å². The predicted octanol–water partition coefficient (Wildman–Crippen LogP) is 6.21. The van der Waals surface area contributed by atoms with E-state index in [0.717, 1.165) is 22.3 Å². The third-order valence-corrected chi connectivity index (χ3v) is 7.18. The summed E-state index contributed by atoms with van der Waals surface area (Å²) in [7, 11) is 0. The summed E-state index contributed by atoms with van der Waals surface area (Å²) < 4.78 is 38.8. The van der Waals surface area contributed by atoms with Gasteiger partial charge in [-0.15, -0.1) is 0 Å². The molecule has 2 heterocycles. The molecule has 0 saturated carbocycles. The highest BCUT2D eigenvalue weighted by molar-refractivity contribution is 5.18. The molecule has 0 radical (unpaired) electrons. The van der Waals surface area contributed by atoms with Crippen molar-refractivity contribution < 1.29 is 28.4 Å². The fourth-order valence-corrected chi connectivity index (χ4v) is 5.11. The van der Waals surface area contributed by atoms with E-state index in [4.69, 9.17) is 28.4 Å². The minimum absolute atomic E-state index is 0.353. The molecule has 6 nitrogen and oxygen atoms in total. The minimum atomic E-state index is -0.675. The molecule has 2 fully saturated rings. The zero-order valence-electron chi connectivity index (χ0n) is 22.3.